The van der Waals surface area contributed by atoms with E-state index in [0.29, 0.717) is 24.5 Å². The fraction of sp³-hybridized carbons (Fsp3) is 0.320. The molecule has 0 radical (unpaired) electrons. The number of fused-ring (bicyclic) bond motifs is 1. The van der Waals surface area contributed by atoms with Crippen molar-refractivity contribution in [1.82, 2.24) is 28.8 Å². The smallest absolute Gasteiger partial charge is 0.278 e. The summed E-state index contributed by atoms with van der Waals surface area (Å²) in [4.78, 5) is 11.5. The lowest BCUT2D eigenvalue weighted by Gasteiger charge is -2.26. The molecule has 196 valence electrons. The summed E-state index contributed by atoms with van der Waals surface area (Å²) in [6.07, 6.45) is 5.93. The maximum atomic E-state index is 12.1. The van der Waals surface area contributed by atoms with E-state index in [0.717, 1.165) is 38.0 Å². The molecule has 37 heavy (non-hydrogen) atoms. The summed E-state index contributed by atoms with van der Waals surface area (Å²) in [6.45, 7) is 0.796. The summed E-state index contributed by atoms with van der Waals surface area (Å²) < 4.78 is 40.7. The van der Waals surface area contributed by atoms with E-state index in [9.17, 15) is 8.42 Å². The van der Waals surface area contributed by atoms with Crippen molar-refractivity contribution in [2.24, 2.45) is 7.05 Å². The van der Waals surface area contributed by atoms with E-state index >= 15 is 0 Å². The van der Waals surface area contributed by atoms with Gasteiger partial charge < -0.3 is 14.4 Å². The third-order valence-electron chi connectivity index (χ3n) is 5.81. The number of benzene rings is 2. The van der Waals surface area contributed by atoms with Crippen molar-refractivity contribution in [2.45, 2.75) is 6.42 Å². The summed E-state index contributed by atoms with van der Waals surface area (Å²) in [7, 11) is 4.54. The van der Waals surface area contributed by atoms with Gasteiger partial charge in [0, 0.05) is 75.6 Å². The van der Waals surface area contributed by atoms with Crippen LogP contribution in [0.3, 0.4) is 0 Å². The van der Waals surface area contributed by atoms with Crippen molar-refractivity contribution in [3.05, 3.63) is 55.0 Å². The first kappa shape index (κ1) is 26.3. The van der Waals surface area contributed by atoms with E-state index in [1.165, 1.54) is 14.1 Å². The van der Waals surface area contributed by atoms with Crippen LogP contribution in [0.4, 0.5) is 11.4 Å². The number of rotatable bonds is 11. The third-order valence-corrected chi connectivity index (χ3v) is 7.34. The molecule has 0 aliphatic heterocycles. The number of nitrogens with zero attached hydrogens (tertiary/aromatic N) is 6. The van der Waals surface area contributed by atoms with Crippen LogP contribution >= 0.6 is 0 Å². The lowest BCUT2D eigenvalue weighted by Crippen LogP contribution is -2.37. The fourth-order valence-corrected chi connectivity index (χ4v) is 4.44. The van der Waals surface area contributed by atoms with Crippen LogP contribution in [0.1, 0.15) is 6.42 Å². The number of nitrogens with one attached hydrogen (secondary N) is 1. The molecule has 0 atom stereocenters. The van der Waals surface area contributed by atoms with Crippen LogP contribution in [0, 0.1) is 0 Å². The second kappa shape index (κ2) is 11.1. The minimum Gasteiger partial charge on any atom is -0.497 e. The van der Waals surface area contributed by atoms with Crippen LogP contribution in [0.5, 0.6) is 11.5 Å². The van der Waals surface area contributed by atoms with Gasteiger partial charge in [-0.15, -0.1) is 0 Å². The van der Waals surface area contributed by atoms with Crippen molar-refractivity contribution in [1.29, 1.82) is 0 Å². The van der Waals surface area contributed by atoms with Crippen LogP contribution in [-0.2, 0) is 17.3 Å². The summed E-state index contributed by atoms with van der Waals surface area (Å²) in [5, 5.41) is 4.23. The van der Waals surface area contributed by atoms with Crippen molar-refractivity contribution in [2.75, 3.05) is 46.3 Å². The van der Waals surface area contributed by atoms with Crippen LogP contribution in [0.25, 0.3) is 22.3 Å². The Morgan fingerprint density at radius 2 is 1.70 bits per heavy atom. The van der Waals surface area contributed by atoms with Crippen LogP contribution in [-0.4, -0.2) is 73.9 Å². The first-order valence-corrected chi connectivity index (χ1v) is 13.1. The molecule has 0 saturated carbocycles. The van der Waals surface area contributed by atoms with Gasteiger partial charge in [0.05, 0.1) is 43.3 Å². The van der Waals surface area contributed by atoms with Gasteiger partial charge in [0.1, 0.15) is 11.5 Å². The van der Waals surface area contributed by atoms with Gasteiger partial charge in [-0.3, -0.25) is 9.67 Å². The normalized spacial score (nSPS) is 11.7. The van der Waals surface area contributed by atoms with Gasteiger partial charge in [0.25, 0.3) is 10.2 Å². The second-order valence-electron chi connectivity index (χ2n) is 8.59. The molecule has 0 spiro atoms. The molecule has 12 heteroatoms. The maximum Gasteiger partial charge on any atom is 0.278 e. The topological polar surface area (TPSA) is 115 Å². The molecule has 2 heterocycles. The maximum absolute atomic E-state index is 12.1. The number of anilines is 2. The number of aryl methyl sites for hydroxylation is 1. The molecule has 0 aliphatic carbocycles. The van der Waals surface area contributed by atoms with Crippen LogP contribution in [0.15, 0.2) is 55.0 Å². The lowest BCUT2D eigenvalue weighted by atomic mass is 10.1. The number of hydrogen-bond donors (Lipinski definition) is 1. The number of aromatic nitrogens is 4. The number of hydrogen-bond acceptors (Lipinski definition) is 8. The van der Waals surface area contributed by atoms with Gasteiger partial charge in [-0.05, 0) is 24.6 Å². The Kier molecular flexibility index (Phi) is 7.91. The second-order valence-corrected chi connectivity index (χ2v) is 10.6. The number of ether oxygens (including phenoxy) is 2. The van der Waals surface area contributed by atoms with E-state index in [1.807, 2.05) is 43.6 Å². The average Bonchev–Trinajstić information content (AvgIpc) is 3.33. The third kappa shape index (κ3) is 6.16. The summed E-state index contributed by atoms with van der Waals surface area (Å²) in [5.41, 5.74) is 4.80. The van der Waals surface area contributed by atoms with Gasteiger partial charge in [-0.2, -0.15) is 17.8 Å². The molecule has 0 bridgehead atoms. The lowest BCUT2D eigenvalue weighted by molar-refractivity contribution is 0.394. The molecule has 0 aliphatic rings. The van der Waals surface area contributed by atoms with E-state index in [2.05, 4.69) is 19.7 Å². The highest BCUT2D eigenvalue weighted by molar-refractivity contribution is 7.87. The van der Waals surface area contributed by atoms with Gasteiger partial charge in [0.15, 0.2) is 0 Å². The Bertz CT molecular complexity index is 1470. The molecule has 0 fully saturated rings. The minimum atomic E-state index is -3.51. The summed E-state index contributed by atoms with van der Waals surface area (Å²) in [5.74, 6) is 1.29. The average molecular weight is 526 g/mol. The van der Waals surface area contributed by atoms with E-state index in [-0.39, 0.29) is 6.54 Å². The highest BCUT2D eigenvalue weighted by Gasteiger charge is 2.16. The molecular formula is C25H31N7O4S. The van der Waals surface area contributed by atoms with E-state index in [4.69, 9.17) is 14.5 Å². The standard InChI is InChI=1S/C25H31N7O4S/c1-30(2)37(33,34)28-9-6-10-32(20-11-21(35-4)14-22(12-20)36-5)19-7-8-23-24(13-19)29-25(16-26-23)18-15-27-31(3)17-18/h7-8,11-17,28H,6,9-10H2,1-5H3. The van der Waals surface area contributed by atoms with E-state index < -0.39 is 10.2 Å². The van der Waals surface area contributed by atoms with Crippen LogP contribution < -0.4 is 19.1 Å². The summed E-state index contributed by atoms with van der Waals surface area (Å²) in [6, 6.07) is 11.5. The molecular weight excluding hydrogens is 494 g/mol. The van der Waals surface area contributed by atoms with Crippen LogP contribution in [0.2, 0.25) is 0 Å². The SMILES string of the molecule is COc1cc(OC)cc(N(CCCNS(=O)(=O)N(C)C)c2ccc3ncc(-c4cnn(C)c4)nc3c2)c1. The molecule has 1 N–H and O–H groups in total. The zero-order chi connectivity index (χ0) is 26.6. The van der Waals surface area contributed by atoms with Crippen molar-refractivity contribution >= 4 is 32.6 Å². The first-order valence-electron chi connectivity index (χ1n) is 11.6. The minimum absolute atomic E-state index is 0.274. The fourth-order valence-electron chi connectivity index (χ4n) is 3.78. The summed E-state index contributed by atoms with van der Waals surface area (Å²) >= 11 is 0. The zero-order valence-corrected chi connectivity index (χ0v) is 22.4. The molecule has 2 aromatic heterocycles. The van der Waals surface area contributed by atoms with Crippen molar-refractivity contribution < 1.29 is 17.9 Å². The van der Waals surface area contributed by atoms with Crippen molar-refractivity contribution in [3.63, 3.8) is 0 Å². The Morgan fingerprint density at radius 1 is 0.973 bits per heavy atom. The molecule has 4 rings (SSSR count). The Balaban J connectivity index is 1.70. The van der Waals surface area contributed by atoms with Gasteiger partial charge in [-0.25, -0.2) is 9.71 Å². The largest absolute Gasteiger partial charge is 0.497 e. The zero-order valence-electron chi connectivity index (χ0n) is 21.5. The van der Waals surface area contributed by atoms with Gasteiger partial charge >= 0.3 is 0 Å². The Hall–Kier alpha value is -3.74. The predicted octanol–water partition coefficient (Wildman–Crippen LogP) is 2.97. The molecule has 0 saturated heterocycles. The highest BCUT2D eigenvalue weighted by atomic mass is 32.2. The van der Waals surface area contributed by atoms with Gasteiger partial charge in [0.2, 0.25) is 0 Å². The Morgan fingerprint density at radius 3 is 2.32 bits per heavy atom. The molecule has 0 amide bonds. The number of methoxy groups -OCH3 is 2. The van der Waals surface area contributed by atoms with E-state index in [1.54, 1.807) is 37.4 Å². The quantitative estimate of drug-likeness (QED) is 0.297. The predicted molar refractivity (Wildman–Crippen MR) is 144 cm³/mol. The van der Waals surface area contributed by atoms with Crippen molar-refractivity contribution in [3.8, 4) is 22.8 Å². The Labute approximate surface area is 216 Å². The molecule has 11 nitrogen and oxygen atoms in total. The molecule has 2 aromatic carbocycles. The highest BCUT2D eigenvalue weighted by Crippen LogP contribution is 2.34. The molecule has 4 aromatic rings. The van der Waals surface area contributed by atoms with Gasteiger partial charge in [-0.1, -0.05) is 0 Å². The monoisotopic (exact) mass is 525 g/mol. The molecule has 0 unspecified atom stereocenters. The first-order chi connectivity index (χ1) is 17.7.